The van der Waals surface area contributed by atoms with Crippen molar-refractivity contribution in [2.24, 2.45) is 11.8 Å². The molecule has 2 aromatic rings. The fourth-order valence-electron chi connectivity index (χ4n) is 6.80. The lowest BCUT2D eigenvalue weighted by molar-refractivity contribution is -0.149. The number of amides is 3. The molecule has 1 fully saturated rings. The van der Waals surface area contributed by atoms with E-state index in [4.69, 9.17) is 4.74 Å². The second kappa shape index (κ2) is 21.1. The maximum Gasteiger partial charge on any atom is 0.303 e. The first-order valence-corrected chi connectivity index (χ1v) is 19.7. The number of halogens is 1. The van der Waals surface area contributed by atoms with Crippen LogP contribution in [0.25, 0.3) is 0 Å². The van der Waals surface area contributed by atoms with Crippen LogP contribution in [0.1, 0.15) is 120 Å². The molecular weight excluding hydrogens is 702 g/mol. The highest BCUT2D eigenvalue weighted by molar-refractivity contribution is 7.09. The summed E-state index contributed by atoms with van der Waals surface area (Å²) in [5.74, 6) is -2.98. The van der Waals surface area contributed by atoms with Crippen LogP contribution in [-0.2, 0) is 30.3 Å². The Balaban J connectivity index is 1.86. The van der Waals surface area contributed by atoms with Crippen molar-refractivity contribution in [3.8, 4) is 0 Å². The number of likely N-dealkylation sites (tertiary alicyclic amines) is 1. The molecule has 1 aliphatic heterocycles. The largest absolute Gasteiger partial charge is 0.481 e. The van der Waals surface area contributed by atoms with Gasteiger partial charge in [-0.1, -0.05) is 59.6 Å². The van der Waals surface area contributed by atoms with E-state index in [1.165, 1.54) is 19.1 Å². The number of aromatic nitrogens is 1. The molecule has 3 N–H and O–H groups in total. The van der Waals surface area contributed by atoms with Crippen LogP contribution < -0.4 is 10.6 Å². The van der Waals surface area contributed by atoms with Gasteiger partial charge in [0.15, 0.2) is 6.10 Å². The molecular formula is C39H58FN5O7S. The molecule has 1 saturated heterocycles. The number of ether oxygens (including phenoxy) is 1. The molecule has 12 nitrogen and oxygen atoms in total. The summed E-state index contributed by atoms with van der Waals surface area (Å²) in [6.07, 6.45) is 3.71. The van der Waals surface area contributed by atoms with Gasteiger partial charge in [0.1, 0.15) is 22.6 Å². The molecule has 53 heavy (non-hydrogen) atoms. The van der Waals surface area contributed by atoms with Crippen molar-refractivity contribution in [2.45, 2.75) is 130 Å². The predicted molar refractivity (Wildman–Crippen MR) is 202 cm³/mol. The number of carbonyl (C=O) groups is 5. The van der Waals surface area contributed by atoms with Gasteiger partial charge < -0.3 is 25.4 Å². The number of likely N-dealkylation sites (N-methyl/N-ethyl adjacent to an activating group) is 1. The Morgan fingerprint density at radius 1 is 1.09 bits per heavy atom. The summed E-state index contributed by atoms with van der Waals surface area (Å²) in [5, 5.41) is 17.2. The van der Waals surface area contributed by atoms with Gasteiger partial charge in [-0.25, -0.2) is 9.37 Å². The summed E-state index contributed by atoms with van der Waals surface area (Å²) in [6.45, 7) is 12.5. The van der Waals surface area contributed by atoms with E-state index in [2.05, 4.69) is 15.6 Å². The van der Waals surface area contributed by atoms with Gasteiger partial charge in [0, 0.05) is 43.8 Å². The van der Waals surface area contributed by atoms with Crippen LogP contribution in [0.4, 0.5) is 4.39 Å². The van der Waals surface area contributed by atoms with Crippen molar-refractivity contribution in [2.75, 3.05) is 20.1 Å². The van der Waals surface area contributed by atoms with Gasteiger partial charge in [-0.05, 0) is 75.2 Å². The summed E-state index contributed by atoms with van der Waals surface area (Å²) in [5.41, 5.74) is 0.815. The Morgan fingerprint density at radius 2 is 1.79 bits per heavy atom. The number of piperidine rings is 1. The summed E-state index contributed by atoms with van der Waals surface area (Å²) in [7, 11) is 1.94. The second-order valence-corrected chi connectivity index (χ2v) is 15.4. The summed E-state index contributed by atoms with van der Waals surface area (Å²) in [6, 6.07) is 3.82. The monoisotopic (exact) mass is 759 g/mol. The molecule has 2 heterocycles. The average Bonchev–Trinajstić information content (AvgIpc) is 3.61. The van der Waals surface area contributed by atoms with Crippen LogP contribution in [0.3, 0.4) is 0 Å². The molecule has 294 valence electrons. The lowest BCUT2D eigenvalue weighted by atomic mass is 9.92. The minimum Gasteiger partial charge on any atom is -0.481 e. The molecule has 0 radical (unpaired) electrons. The Morgan fingerprint density at radius 3 is 2.38 bits per heavy atom. The highest BCUT2D eigenvalue weighted by Crippen LogP contribution is 2.32. The zero-order valence-electron chi connectivity index (χ0n) is 32.2. The Labute approximate surface area is 317 Å². The molecule has 3 amide bonds. The van der Waals surface area contributed by atoms with E-state index < -0.39 is 47.9 Å². The maximum atomic E-state index is 14.5. The van der Waals surface area contributed by atoms with Gasteiger partial charge in [-0.2, -0.15) is 0 Å². The number of nitrogens with zero attached hydrogens (tertiary/aromatic N) is 3. The topological polar surface area (TPSA) is 158 Å². The first kappa shape index (κ1) is 43.5. The molecule has 0 spiro atoms. The van der Waals surface area contributed by atoms with Gasteiger partial charge in [0.2, 0.25) is 11.8 Å². The van der Waals surface area contributed by atoms with Crippen LogP contribution in [-0.4, -0.2) is 93.9 Å². The van der Waals surface area contributed by atoms with E-state index in [0.29, 0.717) is 30.8 Å². The number of carbonyl (C=O) groups excluding carboxylic acids is 4. The zero-order valence-corrected chi connectivity index (χ0v) is 33.0. The minimum atomic E-state index is -1.01. The molecule has 6 atom stereocenters. The van der Waals surface area contributed by atoms with E-state index in [1.807, 2.05) is 51.5 Å². The van der Waals surface area contributed by atoms with Crippen LogP contribution >= 0.6 is 11.3 Å². The SMILES string of the molecule is CCCN(C(=O)C(NC(=O)C1CCCCN1C)[C@@H](C)CC)[C@H](C[C@@H](OC(C)=O)c1nc(C(=O)N[C@H](CCC(=O)O)Cc2ccc(F)cc2)cs1)C(C)C. The highest BCUT2D eigenvalue weighted by Gasteiger charge is 2.38. The van der Waals surface area contributed by atoms with Crippen molar-refractivity contribution in [3.63, 3.8) is 0 Å². The van der Waals surface area contributed by atoms with E-state index >= 15 is 0 Å². The Kier molecular flexibility index (Phi) is 17.3. The minimum absolute atomic E-state index is 0.0643. The number of rotatable bonds is 20. The van der Waals surface area contributed by atoms with E-state index in [9.17, 15) is 33.5 Å². The van der Waals surface area contributed by atoms with Crippen molar-refractivity contribution in [1.29, 1.82) is 0 Å². The van der Waals surface area contributed by atoms with Gasteiger partial charge in [-0.15, -0.1) is 11.3 Å². The lowest BCUT2D eigenvalue weighted by Crippen LogP contribution is -2.58. The van der Waals surface area contributed by atoms with Crippen LogP contribution in [0.2, 0.25) is 0 Å². The van der Waals surface area contributed by atoms with E-state index in [-0.39, 0.29) is 54.6 Å². The van der Waals surface area contributed by atoms with Gasteiger partial charge in [-0.3, -0.25) is 28.9 Å². The third kappa shape index (κ3) is 13.2. The lowest BCUT2D eigenvalue weighted by Gasteiger charge is -2.40. The standard InChI is InChI=1S/C39H58FN5O7S/c1-8-19-45(39(51)35(25(5)9-2)43-37(50)31-12-10-11-20-44(31)7)32(24(3)4)22-33(52-26(6)46)38-42-30(23-53-38)36(49)41-29(17-18-34(47)48)21-27-13-15-28(40)16-14-27/h13-16,23-25,29,31-33,35H,8-12,17-22H2,1-7H3,(H,41,49)(H,43,50)(H,47,48)/t25-,29+,31?,32+,33+,35?/m0/s1. The molecule has 0 bridgehead atoms. The van der Waals surface area contributed by atoms with E-state index in [1.54, 1.807) is 17.5 Å². The smallest absolute Gasteiger partial charge is 0.303 e. The molecule has 1 aliphatic rings. The first-order chi connectivity index (χ1) is 25.1. The van der Waals surface area contributed by atoms with Crippen molar-refractivity contribution in [3.05, 3.63) is 51.7 Å². The van der Waals surface area contributed by atoms with E-state index in [0.717, 1.165) is 42.7 Å². The van der Waals surface area contributed by atoms with Gasteiger partial charge >= 0.3 is 11.9 Å². The van der Waals surface area contributed by atoms with Crippen molar-refractivity contribution < 1.29 is 38.2 Å². The van der Waals surface area contributed by atoms with Crippen LogP contribution in [0.15, 0.2) is 29.6 Å². The fraction of sp³-hybridized carbons (Fsp3) is 0.641. The third-order valence-electron chi connectivity index (χ3n) is 10.00. The van der Waals surface area contributed by atoms with Gasteiger partial charge in [0.05, 0.1) is 6.04 Å². The highest BCUT2D eigenvalue weighted by atomic mass is 32.1. The number of benzene rings is 1. The Hall–Kier alpha value is -3.91. The predicted octanol–water partition coefficient (Wildman–Crippen LogP) is 5.76. The number of thiazole rings is 1. The van der Waals surface area contributed by atoms with Gasteiger partial charge in [0.25, 0.3) is 5.91 Å². The molecule has 14 heteroatoms. The Bertz CT molecular complexity index is 1520. The molecule has 0 aliphatic carbocycles. The summed E-state index contributed by atoms with van der Waals surface area (Å²) in [4.78, 5) is 73.7. The number of hydrogen-bond donors (Lipinski definition) is 3. The number of hydrogen-bond acceptors (Lipinski definition) is 9. The van der Waals surface area contributed by atoms with Crippen molar-refractivity contribution >= 4 is 41.0 Å². The number of carboxylic acid groups (broad SMARTS) is 1. The molecule has 2 unspecified atom stereocenters. The molecule has 1 aromatic carbocycles. The van der Waals surface area contributed by atoms with Crippen molar-refractivity contribution in [1.82, 2.24) is 25.4 Å². The molecule has 3 rings (SSSR count). The summed E-state index contributed by atoms with van der Waals surface area (Å²) < 4.78 is 19.3. The zero-order chi connectivity index (χ0) is 39.2. The average molecular weight is 760 g/mol. The second-order valence-electron chi connectivity index (χ2n) is 14.5. The first-order valence-electron chi connectivity index (χ1n) is 18.9. The quantitative estimate of drug-likeness (QED) is 0.143. The van der Waals surface area contributed by atoms with Crippen LogP contribution in [0, 0.1) is 17.7 Å². The van der Waals surface area contributed by atoms with Crippen LogP contribution in [0.5, 0.6) is 0 Å². The maximum absolute atomic E-state index is 14.5. The third-order valence-corrected chi connectivity index (χ3v) is 10.9. The number of aliphatic carboxylic acids is 1. The normalized spacial score (nSPS) is 17.6. The fourth-order valence-corrected chi connectivity index (χ4v) is 7.64. The molecule has 0 saturated carbocycles. The summed E-state index contributed by atoms with van der Waals surface area (Å²) >= 11 is 1.16. The molecule has 1 aromatic heterocycles. The number of carboxylic acids is 1. The number of nitrogens with one attached hydrogen (secondary N) is 2. The number of esters is 1.